The van der Waals surface area contributed by atoms with E-state index in [9.17, 15) is 20.1 Å². The van der Waals surface area contributed by atoms with Gasteiger partial charge >= 0.3 is 0 Å². The highest BCUT2D eigenvalue weighted by atomic mass is 16.5. The van der Waals surface area contributed by atoms with Gasteiger partial charge in [0, 0.05) is 23.6 Å². The molecule has 1 aliphatic heterocycles. The van der Waals surface area contributed by atoms with Crippen LogP contribution in [0.4, 0.5) is 0 Å². The number of benzene rings is 2. The average Bonchev–Trinajstić information content (AvgIpc) is 2.69. The highest BCUT2D eigenvalue weighted by molar-refractivity contribution is 6.02. The molecule has 1 heterocycles. The minimum absolute atomic E-state index is 0.0221. The van der Waals surface area contributed by atoms with E-state index in [0.717, 1.165) is 16.7 Å². The molecule has 0 amide bonds. The molecule has 0 unspecified atom stereocenters. The highest BCUT2D eigenvalue weighted by Crippen LogP contribution is 2.44. The summed E-state index contributed by atoms with van der Waals surface area (Å²) in [5.41, 5.74) is 2.84. The van der Waals surface area contributed by atoms with E-state index in [-0.39, 0.29) is 35.0 Å². The van der Waals surface area contributed by atoms with Crippen LogP contribution in [0.1, 0.15) is 67.6 Å². The third-order valence-corrected chi connectivity index (χ3v) is 5.77. The zero-order valence-corrected chi connectivity index (χ0v) is 19.4. The summed E-state index contributed by atoms with van der Waals surface area (Å²) >= 11 is 0. The Kier molecular flexibility index (Phi) is 6.72. The summed E-state index contributed by atoms with van der Waals surface area (Å²) in [6, 6.07) is 4.91. The van der Waals surface area contributed by atoms with Crippen molar-refractivity contribution < 1.29 is 29.6 Å². The van der Waals surface area contributed by atoms with Gasteiger partial charge in [0.15, 0.2) is 17.3 Å². The van der Waals surface area contributed by atoms with E-state index in [0.29, 0.717) is 42.7 Å². The molecule has 2 aromatic rings. The van der Waals surface area contributed by atoms with Crippen LogP contribution in [0.2, 0.25) is 0 Å². The van der Waals surface area contributed by atoms with Gasteiger partial charge in [-0.3, -0.25) is 4.79 Å². The van der Waals surface area contributed by atoms with Gasteiger partial charge in [-0.2, -0.15) is 0 Å². The summed E-state index contributed by atoms with van der Waals surface area (Å²) in [7, 11) is 1.51. The molecule has 172 valence electrons. The van der Waals surface area contributed by atoms with Crippen LogP contribution in [0.25, 0.3) is 0 Å². The Morgan fingerprint density at radius 1 is 1.16 bits per heavy atom. The van der Waals surface area contributed by atoms with E-state index in [4.69, 9.17) is 9.47 Å². The molecule has 32 heavy (non-hydrogen) atoms. The van der Waals surface area contributed by atoms with Crippen LogP contribution in [0, 0.1) is 0 Å². The summed E-state index contributed by atoms with van der Waals surface area (Å²) in [5, 5.41) is 31.5. The molecule has 0 aliphatic carbocycles. The minimum Gasteiger partial charge on any atom is -0.507 e. The van der Waals surface area contributed by atoms with Crippen LogP contribution in [0.5, 0.6) is 28.7 Å². The standard InChI is InChI=1S/C26H32O6/c1-15(2)6-8-17-12-16(13-21(29)25(17)31-5)7-9-19(27)23-20(28)14-22-18(24(23)30)10-11-26(3,4)32-22/h6,12-14,28-30H,7-11H2,1-5H3. The maximum absolute atomic E-state index is 12.9. The molecule has 6 heteroatoms. The number of Topliss-reactive ketones (excluding diaryl/α,β-unsaturated/α-hetero) is 1. The summed E-state index contributed by atoms with van der Waals surface area (Å²) < 4.78 is 11.2. The van der Waals surface area contributed by atoms with Crippen molar-refractivity contribution in [2.45, 2.75) is 65.4 Å². The molecule has 0 atom stereocenters. The maximum atomic E-state index is 12.9. The summed E-state index contributed by atoms with van der Waals surface area (Å²) in [6.45, 7) is 7.88. The lowest BCUT2D eigenvalue weighted by atomic mass is 9.90. The normalized spacial score (nSPS) is 14.3. The maximum Gasteiger partial charge on any atom is 0.170 e. The Hall–Kier alpha value is -3.15. The molecule has 1 aliphatic rings. The largest absolute Gasteiger partial charge is 0.507 e. The van der Waals surface area contributed by atoms with Crippen molar-refractivity contribution in [3.05, 3.63) is 52.1 Å². The number of hydrogen-bond acceptors (Lipinski definition) is 6. The minimum atomic E-state index is -0.392. The molecule has 0 bridgehead atoms. The van der Waals surface area contributed by atoms with E-state index in [1.807, 2.05) is 39.8 Å². The van der Waals surface area contributed by atoms with Crippen molar-refractivity contribution in [2.75, 3.05) is 7.11 Å². The molecule has 0 saturated heterocycles. The van der Waals surface area contributed by atoms with Crippen LogP contribution in [-0.2, 0) is 19.3 Å². The fraction of sp³-hybridized carbons (Fsp3) is 0.423. The first kappa shape index (κ1) is 23.5. The van der Waals surface area contributed by atoms with E-state index in [1.165, 1.54) is 13.2 Å². The molecule has 0 radical (unpaired) electrons. The first-order valence-corrected chi connectivity index (χ1v) is 10.8. The van der Waals surface area contributed by atoms with E-state index >= 15 is 0 Å². The number of ketones is 1. The van der Waals surface area contributed by atoms with Gasteiger partial charge in [0.05, 0.1) is 7.11 Å². The second kappa shape index (κ2) is 9.15. The Balaban J connectivity index is 1.83. The Morgan fingerprint density at radius 2 is 1.88 bits per heavy atom. The number of aromatic hydroxyl groups is 3. The van der Waals surface area contributed by atoms with Crippen molar-refractivity contribution in [3.63, 3.8) is 0 Å². The van der Waals surface area contributed by atoms with Gasteiger partial charge in [-0.25, -0.2) is 0 Å². The van der Waals surface area contributed by atoms with Gasteiger partial charge in [0.1, 0.15) is 28.4 Å². The van der Waals surface area contributed by atoms with Crippen LogP contribution in [0.3, 0.4) is 0 Å². The number of phenols is 3. The zero-order valence-electron chi connectivity index (χ0n) is 19.4. The third-order valence-electron chi connectivity index (χ3n) is 5.77. The number of aryl methyl sites for hydroxylation is 1. The number of methoxy groups -OCH3 is 1. The number of fused-ring (bicyclic) bond motifs is 1. The molecule has 0 saturated carbocycles. The summed E-state index contributed by atoms with van der Waals surface area (Å²) in [5.74, 6) is -0.00185. The van der Waals surface area contributed by atoms with Gasteiger partial charge in [-0.1, -0.05) is 17.7 Å². The van der Waals surface area contributed by atoms with E-state index in [1.54, 1.807) is 6.07 Å². The van der Waals surface area contributed by atoms with Crippen LogP contribution >= 0.6 is 0 Å². The number of hydrogen-bond donors (Lipinski definition) is 3. The first-order chi connectivity index (χ1) is 15.0. The molecule has 3 N–H and O–H groups in total. The number of carbonyl (C=O) groups excluding carboxylic acids is 1. The summed E-state index contributed by atoms with van der Waals surface area (Å²) in [6.07, 6.45) is 4.32. The quantitative estimate of drug-likeness (QED) is 0.402. The van der Waals surface area contributed by atoms with Crippen LogP contribution in [0.15, 0.2) is 29.8 Å². The van der Waals surface area contributed by atoms with Gasteiger partial charge in [-0.05, 0) is 65.0 Å². The number of rotatable bonds is 7. The molecule has 2 aromatic carbocycles. The second-order valence-electron chi connectivity index (χ2n) is 9.17. The topological polar surface area (TPSA) is 96.2 Å². The molecule has 0 spiro atoms. The lowest BCUT2D eigenvalue weighted by Crippen LogP contribution is -2.32. The lowest BCUT2D eigenvalue weighted by molar-refractivity contribution is 0.0830. The van der Waals surface area contributed by atoms with Crippen molar-refractivity contribution in [1.29, 1.82) is 0 Å². The molecule has 0 fully saturated rings. The Morgan fingerprint density at radius 3 is 2.53 bits per heavy atom. The number of carbonyl (C=O) groups is 1. The van der Waals surface area contributed by atoms with Crippen molar-refractivity contribution in [3.8, 4) is 28.7 Å². The molecular formula is C26H32O6. The SMILES string of the molecule is COc1c(O)cc(CCC(=O)c2c(O)cc3c(c2O)CCC(C)(C)O3)cc1CC=C(C)C. The smallest absolute Gasteiger partial charge is 0.170 e. The van der Waals surface area contributed by atoms with Gasteiger partial charge in [0.25, 0.3) is 0 Å². The van der Waals surface area contributed by atoms with Crippen molar-refractivity contribution in [1.82, 2.24) is 0 Å². The fourth-order valence-corrected chi connectivity index (χ4v) is 4.02. The number of phenolic OH excluding ortho intramolecular Hbond substituents is 3. The Bertz CT molecular complexity index is 1060. The number of ether oxygens (including phenoxy) is 2. The second-order valence-corrected chi connectivity index (χ2v) is 9.17. The molecule has 6 nitrogen and oxygen atoms in total. The van der Waals surface area contributed by atoms with Gasteiger partial charge in [-0.15, -0.1) is 0 Å². The molecule has 0 aromatic heterocycles. The highest BCUT2D eigenvalue weighted by Gasteiger charge is 2.32. The van der Waals surface area contributed by atoms with Crippen LogP contribution < -0.4 is 9.47 Å². The van der Waals surface area contributed by atoms with E-state index in [2.05, 4.69) is 0 Å². The average molecular weight is 441 g/mol. The monoisotopic (exact) mass is 440 g/mol. The van der Waals surface area contributed by atoms with Gasteiger partial charge < -0.3 is 24.8 Å². The van der Waals surface area contributed by atoms with Gasteiger partial charge in [0.2, 0.25) is 0 Å². The predicted molar refractivity (Wildman–Crippen MR) is 123 cm³/mol. The van der Waals surface area contributed by atoms with Crippen LogP contribution in [-0.4, -0.2) is 33.8 Å². The predicted octanol–water partition coefficient (Wildman–Crippen LogP) is 5.24. The number of allylic oxidation sites excluding steroid dienone is 2. The molecule has 3 rings (SSSR count). The summed E-state index contributed by atoms with van der Waals surface area (Å²) in [4.78, 5) is 12.9. The van der Waals surface area contributed by atoms with Crippen molar-refractivity contribution >= 4 is 5.78 Å². The Labute approximate surface area is 189 Å². The zero-order chi connectivity index (χ0) is 23.6. The van der Waals surface area contributed by atoms with Crippen molar-refractivity contribution in [2.24, 2.45) is 0 Å². The third kappa shape index (κ3) is 5.01. The fourth-order valence-electron chi connectivity index (χ4n) is 4.02. The molecular weight excluding hydrogens is 408 g/mol. The lowest BCUT2D eigenvalue weighted by Gasteiger charge is -2.33. The first-order valence-electron chi connectivity index (χ1n) is 10.8. The van der Waals surface area contributed by atoms with E-state index < -0.39 is 5.60 Å².